The van der Waals surface area contributed by atoms with E-state index in [-0.39, 0.29) is 89.9 Å². The van der Waals surface area contributed by atoms with Crippen LogP contribution in [0.4, 0.5) is 0 Å². The Morgan fingerprint density at radius 3 is 1.87 bits per heavy atom. The molecule has 0 aliphatic rings. The second kappa shape index (κ2) is 24.7. The van der Waals surface area contributed by atoms with Crippen molar-refractivity contribution in [2.24, 2.45) is 50.6 Å². The minimum atomic E-state index is -0.991. The molecule has 20 nitrogen and oxygen atoms in total. The van der Waals surface area contributed by atoms with E-state index in [4.69, 9.17) is 59.1 Å². The highest BCUT2D eigenvalue weighted by Gasteiger charge is 2.33. The molecule has 0 saturated heterocycles. The van der Waals surface area contributed by atoms with Crippen molar-refractivity contribution in [2.45, 2.75) is 73.0 Å². The minimum absolute atomic E-state index is 0.00460. The van der Waals surface area contributed by atoms with E-state index in [9.17, 15) is 9.59 Å². The quantitative estimate of drug-likeness (QED) is 0.0248. The van der Waals surface area contributed by atoms with Crippen LogP contribution in [0.5, 0.6) is 0 Å². The van der Waals surface area contributed by atoms with Crippen molar-refractivity contribution in [3.8, 4) is 0 Å². The summed E-state index contributed by atoms with van der Waals surface area (Å²) in [6, 6.07) is 0. The number of carbonyl (C=O) groups excluding carboxylic acids is 2. The zero-order valence-corrected chi connectivity index (χ0v) is 31.9. The number of allylic oxidation sites excluding steroid dienone is 3. The highest BCUT2D eigenvalue weighted by atomic mass is 16.5. The number of ketones is 2. The van der Waals surface area contributed by atoms with Crippen LogP contribution in [0.25, 0.3) is 0 Å². The predicted molar refractivity (Wildman–Crippen MR) is 201 cm³/mol. The summed E-state index contributed by atoms with van der Waals surface area (Å²) in [6.07, 6.45) is 11.0. The molecule has 13 N–H and O–H groups in total. The Hall–Kier alpha value is -4.44. The summed E-state index contributed by atoms with van der Waals surface area (Å²) in [5, 5.41) is 19.2. The summed E-state index contributed by atoms with van der Waals surface area (Å²) in [5.74, 6) is 18.4. The molecule has 1 heterocycles. The first-order valence-corrected chi connectivity index (χ1v) is 17.1. The topological polar surface area (TPSA) is 304 Å². The largest absolute Gasteiger partial charge is 0.401 e. The van der Waals surface area contributed by atoms with Gasteiger partial charge in [-0.2, -0.15) is 0 Å². The van der Waals surface area contributed by atoms with E-state index in [0.717, 1.165) is 12.6 Å². The first kappa shape index (κ1) is 46.6. The van der Waals surface area contributed by atoms with Gasteiger partial charge in [0.15, 0.2) is 0 Å². The Morgan fingerprint density at radius 2 is 1.38 bits per heavy atom. The van der Waals surface area contributed by atoms with Crippen LogP contribution in [-0.4, -0.2) is 108 Å². The molecule has 0 aliphatic heterocycles. The standard InChI is InChI=1S/C33H62N14O6/c1-6-7-30(48)13-29-17-47(43-42-29)25-53-21-33(18-50-22-44(38)14-26(35)8-10-34,19-51-23-45(39)15-27(36)9-11-41-5)20-52-24-46(40)16-28(37)12-31(49)32(2,3)4/h10-11,14-17,34H,6-9,12-13,18-25,35-40H2,1-5H3/b26-14-,27-15-,28-16-,34-10?,41-11+. The van der Waals surface area contributed by atoms with Gasteiger partial charge in [0.25, 0.3) is 0 Å². The fourth-order valence-corrected chi connectivity index (χ4v) is 4.43. The number of Topliss-reactive ketones (excluding diaryl/α,β-unsaturated/α-hetero) is 2. The van der Waals surface area contributed by atoms with E-state index < -0.39 is 10.8 Å². The average molecular weight is 751 g/mol. The van der Waals surface area contributed by atoms with E-state index in [1.54, 1.807) is 19.5 Å². The molecule has 1 unspecified atom stereocenters. The maximum absolute atomic E-state index is 12.4. The van der Waals surface area contributed by atoms with Crippen LogP contribution in [0.2, 0.25) is 0 Å². The average Bonchev–Trinajstić information content (AvgIpc) is 3.49. The third-order valence-electron chi connectivity index (χ3n) is 7.11. The molecule has 53 heavy (non-hydrogen) atoms. The van der Waals surface area contributed by atoms with Crippen LogP contribution < -0.4 is 34.7 Å². The van der Waals surface area contributed by atoms with Crippen LogP contribution in [0.3, 0.4) is 0 Å². The van der Waals surface area contributed by atoms with Gasteiger partial charge in [-0.15, -0.1) is 5.10 Å². The Morgan fingerprint density at radius 1 is 0.868 bits per heavy atom. The molecule has 0 fully saturated rings. The molecular weight excluding hydrogens is 688 g/mol. The summed E-state index contributed by atoms with van der Waals surface area (Å²) < 4.78 is 25.6. The molecule has 1 atom stereocenters. The number of aliphatic imine (C=N–C) groups is 1. The van der Waals surface area contributed by atoms with Gasteiger partial charge in [-0.1, -0.05) is 32.9 Å². The smallest absolute Gasteiger partial charge is 0.144 e. The SMILES string of the molecule is CCCC(=O)Cc1cn(COCC(COCN(N)/C=C(\N)CC=N)(COCN(N)/C=C(\N)C/C=N/C)COCN(N)/C=C(\N)CC(=O)C(C)(C)C)nn1. The lowest BCUT2D eigenvalue weighted by Crippen LogP contribution is -2.45. The van der Waals surface area contributed by atoms with Crippen LogP contribution in [0.15, 0.2) is 46.9 Å². The summed E-state index contributed by atoms with van der Waals surface area (Å²) in [7, 11) is 1.65. The van der Waals surface area contributed by atoms with Crippen molar-refractivity contribution in [1.29, 1.82) is 5.41 Å². The molecule has 20 heteroatoms. The number of nitrogens with two attached hydrogens (primary N) is 6. The second-order valence-electron chi connectivity index (χ2n) is 13.7. The van der Waals surface area contributed by atoms with Crippen LogP contribution in [-0.2, 0) is 41.7 Å². The van der Waals surface area contributed by atoms with Crippen LogP contribution >= 0.6 is 0 Å². The third-order valence-corrected chi connectivity index (χ3v) is 7.11. The van der Waals surface area contributed by atoms with E-state index in [0.29, 0.717) is 29.9 Å². The van der Waals surface area contributed by atoms with Gasteiger partial charge in [0.2, 0.25) is 0 Å². The number of nitrogens with zero attached hydrogens (tertiary/aromatic N) is 7. The highest BCUT2D eigenvalue weighted by Crippen LogP contribution is 2.22. The summed E-state index contributed by atoms with van der Waals surface area (Å²) >= 11 is 0. The first-order chi connectivity index (χ1) is 25.0. The van der Waals surface area contributed by atoms with E-state index >= 15 is 0 Å². The molecule has 0 aromatic carbocycles. The number of hydrazine groups is 3. The van der Waals surface area contributed by atoms with E-state index in [1.807, 2.05) is 27.7 Å². The maximum Gasteiger partial charge on any atom is 0.144 e. The predicted octanol–water partition coefficient (Wildman–Crippen LogP) is 0.136. The molecule has 1 rings (SSSR count). The monoisotopic (exact) mass is 750 g/mol. The van der Waals surface area contributed by atoms with Crippen molar-refractivity contribution in [2.75, 3.05) is 53.7 Å². The fraction of sp³-hybridized carbons (Fsp3) is 0.636. The molecule has 300 valence electrons. The highest BCUT2D eigenvalue weighted by molar-refractivity contribution is 5.85. The van der Waals surface area contributed by atoms with Gasteiger partial charge in [-0.3, -0.25) is 24.6 Å². The van der Waals surface area contributed by atoms with Crippen molar-refractivity contribution in [3.05, 3.63) is 47.6 Å². The van der Waals surface area contributed by atoms with Gasteiger partial charge >= 0.3 is 0 Å². The minimum Gasteiger partial charge on any atom is -0.401 e. The zero-order chi connectivity index (χ0) is 39.9. The first-order valence-electron chi connectivity index (χ1n) is 17.1. The van der Waals surface area contributed by atoms with Gasteiger partial charge in [-0.25, -0.2) is 22.2 Å². The molecule has 0 bridgehead atoms. The van der Waals surface area contributed by atoms with Crippen LogP contribution in [0.1, 0.15) is 65.5 Å². The molecular formula is C33H62N14O6. The van der Waals surface area contributed by atoms with Gasteiger partial charge < -0.3 is 46.6 Å². The number of nitrogens with one attached hydrogen (secondary N) is 1. The van der Waals surface area contributed by atoms with Gasteiger partial charge in [0.1, 0.15) is 38.5 Å². The van der Waals surface area contributed by atoms with Crippen molar-refractivity contribution in [3.63, 3.8) is 0 Å². The lowest BCUT2D eigenvalue weighted by Gasteiger charge is -2.34. The zero-order valence-electron chi connectivity index (χ0n) is 31.9. The number of carbonyl (C=O) groups is 2. The summed E-state index contributed by atoms with van der Waals surface area (Å²) in [6.45, 7) is 7.16. The molecule has 0 saturated carbocycles. The molecule has 1 aromatic heterocycles. The molecule has 1 aromatic rings. The van der Waals surface area contributed by atoms with Crippen molar-refractivity contribution >= 4 is 24.0 Å². The normalized spacial score (nSPS) is 14.0. The Balaban J connectivity index is 3.22. The van der Waals surface area contributed by atoms with Gasteiger partial charge in [0.05, 0.1) is 50.2 Å². The molecule has 0 spiro atoms. The van der Waals surface area contributed by atoms with E-state index in [2.05, 4.69) is 15.3 Å². The van der Waals surface area contributed by atoms with Crippen molar-refractivity contribution in [1.82, 2.24) is 30.0 Å². The van der Waals surface area contributed by atoms with Gasteiger partial charge in [0, 0.05) is 86.3 Å². The van der Waals surface area contributed by atoms with Crippen molar-refractivity contribution < 1.29 is 28.5 Å². The third kappa shape index (κ3) is 21.0. The summed E-state index contributed by atoms with van der Waals surface area (Å²) in [5.41, 5.74) is 18.1. The molecule has 0 aliphatic carbocycles. The fourth-order valence-electron chi connectivity index (χ4n) is 4.43. The Labute approximate surface area is 312 Å². The molecule has 0 amide bonds. The summed E-state index contributed by atoms with van der Waals surface area (Å²) in [4.78, 5) is 28.5. The van der Waals surface area contributed by atoms with Crippen LogP contribution in [0, 0.1) is 16.2 Å². The van der Waals surface area contributed by atoms with Gasteiger partial charge in [-0.05, 0) is 6.42 Å². The number of hydrogen-bond acceptors (Lipinski definition) is 19. The lowest BCUT2D eigenvalue weighted by molar-refractivity contribution is -0.138. The van der Waals surface area contributed by atoms with E-state index in [1.165, 1.54) is 38.3 Å². The Kier molecular flexibility index (Phi) is 21.7. The molecule has 0 radical (unpaired) electrons. The second-order valence-corrected chi connectivity index (χ2v) is 13.7. The number of aromatic nitrogens is 3. The lowest BCUT2D eigenvalue weighted by atomic mass is 9.88. The maximum atomic E-state index is 12.4. The number of hydrogen-bond donors (Lipinski definition) is 7. The number of rotatable bonds is 29. The number of ether oxygens (including phenoxy) is 4. The Bertz CT molecular complexity index is 1380.